The van der Waals surface area contributed by atoms with E-state index in [2.05, 4.69) is 17.1 Å². The number of carbonyl (C=O) groups excluding carboxylic acids is 1. The van der Waals surface area contributed by atoms with Gasteiger partial charge in [0.05, 0.1) is 29.1 Å². The van der Waals surface area contributed by atoms with Crippen LogP contribution >= 0.6 is 0 Å². The summed E-state index contributed by atoms with van der Waals surface area (Å²) in [4.78, 5) is 33.3. The van der Waals surface area contributed by atoms with E-state index in [1.54, 1.807) is 30.3 Å². The molecule has 0 radical (unpaired) electrons. The standard InChI is InChI=1S/C27H26N4O7/c1-3-7-22-14-20(17-28-29-26(32)16-21-8-5-6-9-24(21)31(35)36)15-25(37-4-2)27(22)38-18-19-10-12-23(13-11-19)30(33)34/h3,5-6,8-15,17H,1,4,7,16,18H2,2H3,(H,29,32)/b28-17+. The van der Waals surface area contributed by atoms with Crippen LogP contribution in [0.1, 0.15) is 29.2 Å². The number of rotatable bonds is 13. The van der Waals surface area contributed by atoms with Crippen molar-refractivity contribution < 1.29 is 24.1 Å². The number of carbonyl (C=O) groups is 1. The number of benzene rings is 3. The van der Waals surface area contributed by atoms with Crippen molar-refractivity contribution >= 4 is 23.5 Å². The van der Waals surface area contributed by atoms with E-state index in [1.807, 2.05) is 13.0 Å². The van der Waals surface area contributed by atoms with Crippen LogP contribution in [-0.2, 0) is 24.2 Å². The minimum atomic E-state index is -0.534. The summed E-state index contributed by atoms with van der Waals surface area (Å²) in [5.41, 5.74) is 4.67. The SMILES string of the molecule is C=CCc1cc(/C=N/NC(=O)Cc2ccccc2[N+](=O)[O-])cc(OCC)c1OCc1ccc([N+](=O)[O-])cc1. The van der Waals surface area contributed by atoms with Crippen LogP contribution in [0.2, 0.25) is 0 Å². The largest absolute Gasteiger partial charge is 0.490 e. The van der Waals surface area contributed by atoms with Gasteiger partial charge in [-0.2, -0.15) is 5.10 Å². The number of ether oxygens (including phenoxy) is 2. The van der Waals surface area contributed by atoms with Crippen molar-refractivity contribution in [2.75, 3.05) is 6.61 Å². The van der Waals surface area contributed by atoms with Gasteiger partial charge in [0, 0.05) is 29.3 Å². The first-order chi connectivity index (χ1) is 18.3. The van der Waals surface area contributed by atoms with Crippen LogP contribution in [0.3, 0.4) is 0 Å². The number of non-ortho nitro benzene ring substituents is 1. The first kappa shape index (κ1) is 27.5. The Kier molecular flexibility index (Phi) is 9.64. The maximum absolute atomic E-state index is 12.3. The molecule has 11 nitrogen and oxygen atoms in total. The maximum atomic E-state index is 12.3. The van der Waals surface area contributed by atoms with E-state index in [0.717, 1.165) is 11.1 Å². The molecule has 0 atom stereocenters. The van der Waals surface area contributed by atoms with Crippen molar-refractivity contribution in [3.63, 3.8) is 0 Å². The quantitative estimate of drug-likeness (QED) is 0.146. The Morgan fingerprint density at radius 3 is 2.42 bits per heavy atom. The molecule has 196 valence electrons. The van der Waals surface area contributed by atoms with Gasteiger partial charge in [-0.3, -0.25) is 25.0 Å². The average Bonchev–Trinajstić information content (AvgIpc) is 2.89. The van der Waals surface area contributed by atoms with E-state index in [0.29, 0.717) is 30.1 Å². The Morgan fingerprint density at radius 2 is 1.76 bits per heavy atom. The van der Waals surface area contributed by atoms with Crippen molar-refractivity contribution in [2.45, 2.75) is 26.4 Å². The van der Waals surface area contributed by atoms with Gasteiger partial charge in [-0.25, -0.2) is 5.43 Å². The number of nitrogens with zero attached hydrogens (tertiary/aromatic N) is 3. The first-order valence-electron chi connectivity index (χ1n) is 11.6. The number of nitro groups is 2. The summed E-state index contributed by atoms with van der Waals surface area (Å²) >= 11 is 0. The molecule has 0 heterocycles. The van der Waals surface area contributed by atoms with Gasteiger partial charge >= 0.3 is 0 Å². The highest BCUT2D eigenvalue weighted by molar-refractivity contribution is 5.85. The Hall–Kier alpha value is -5.06. The van der Waals surface area contributed by atoms with Gasteiger partial charge in [0.1, 0.15) is 6.61 Å². The molecule has 0 saturated heterocycles. The highest BCUT2D eigenvalue weighted by Gasteiger charge is 2.16. The van der Waals surface area contributed by atoms with Crippen molar-refractivity contribution in [3.8, 4) is 11.5 Å². The van der Waals surface area contributed by atoms with Crippen molar-refractivity contribution in [1.82, 2.24) is 5.43 Å². The summed E-state index contributed by atoms with van der Waals surface area (Å²) in [6.45, 7) is 6.16. The van der Waals surface area contributed by atoms with Crippen LogP contribution in [-0.4, -0.2) is 28.6 Å². The van der Waals surface area contributed by atoms with Crippen LogP contribution in [0.25, 0.3) is 0 Å². The van der Waals surface area contributed by atoms with Crippen LogP contribution in [0.15, 0.2) is 78.4 Å². The van der Waals surface area contributed by atoms with Gasteiger partial charge in [0.25, 0.3) is 11.4 Å². The van der Waals surface area contributed by atoms with Gasteiger partial charge < -0.3 is 9.47 Å². The zero-order chi connectivity index (χ0) is 27.5. The minimum absolute atomic E-state index is 0.00572. The lowest BCUT2D eigenvalue weighted by molar-refractivity contribution is -0.385. The molecule has 1 N–H and O–H groups in total. The van der Waals surface area contributed by atoms with Gasteiger partial charge in [-0.1, -0.05) is 24.3 Å². The fourth-order valence-corrected chi connectivity index (χ4v) is 3.59. The lowest BCUT2D eigenvalue weighted by Gasteiger charge is -2.16. The Labute approximate surface area is 218 Å². The zero-order valence-corrected chi connectivity index (χ0v) is 20.7. The molecule has 3 rings (SSSR count). The number of hydrogen-bond donors (Lipinski definition) is 1. The summed E-state index contributed by atoms with van der Waals surface area (Å²) in [6, 6.07) is 15.6. The second-order valence-corrected chi connectivity index (χ2v) is 8.00. The van der Waals surface area contributed by atoms with Gasteiger partial charge in [0.15, 0.2) is 11.5 Å². The molecule has 3 aromatic rings. The second kappa shape index (κ2) is 13.3. The molecule has 0 saturated carbocycles. The predicted octanol–water partition coefficient (Wildman–Crippen LogP) is 4.90. The Bertz CT molecular complexity index is 1350. The lowest BCUT2D eigenvalue weighted by Crippen LogP contribution is -2.20. The summed E-state index contributed by atoms with van der Waals surface area (Å²) in [7, 11) is 0. The van der Waals surface area contributed by atoms with E-state index in [-0.39, 0.29) is 30.0 Å². The molecule has 1 amide bonds. The molecule has 0 aliphatic heterocycles. The van der Waals surface area contributed by atoms with Crippen molar-refractivity contribution in [2.24, 2.45) is 5.10 Å². The molecule has 0 spiro atoms. The third kappa shape index (κ3) is 7.47. The smallest absolute Gasteiger partial charge is 0.273 e. The molecule has 0 fully saturated rings. The molecule has 0 aromatic heterocycles. The van der Waals surface area contributed by atoms with Gasteiger partial charge in [0.2, 0.25) is 5.91 Å². The molecule has 0 aliphatic carbocycles. The summed E-state index contributed by atoms with van der Waals surface area (Å²) < 4.78 is 11.8. The Morgan fingerprint density at radius 1 is 1.03 bits per heavy atom. The number of hydrogen-bond acceptors (Lipinski definition) is 8. The van der Waals surface area contributed by atoms with Crippen LogP contribution in [0.4, 0.5) is 11.4 Å². The van der Waals surface area contributed by atoms with E-state index in [9.17, 15) is 25.0 Å². The van der Waals surface area contributed by atoms with Crippen LogP contribution in [0, 0.1) is 20.2 Å². The third-order valence-electron chi connectivity index (χ3n) is 5.29. The number of amides is 1. The number of allylic oxidation sites excluding steroid dienone is 1. The molecule has 0 unspecified atom stereocenters. The topological polar surface area (TPSA) is 146 Å². The fourth-order valence-electron chi connectivity index (χ4n) is 3.59. The number of nitro benzene ring substituents is 2. The number of hydrazone groups is 1. The number of nitrogens with one attached hydrogen (secondary N) is 1. The first-order valence-corrected chi connectivity index (χ1v) is 11.6. The highest BCUT2D eigenvalue weighted by Crippen LogP contribution is 2.34. The van der Waals surface area contributed by atoms with Crippen molar-refractivity contribution in [1.29, 1.82) is 0 Å². The maximum Gasteiger partial charge on any atom is 0.273 e. The number of para-hydroxylation sites is 1. The van der Waals surface area contributed by atoms with Gasteiger partial charge in [-0.05, 0) is 48.7 Å². The second-order valence-electron chi connectivity index (χ2n) is 8.00. The molecular weight excluding hydrogens is 492 g/mol. The van der Waals surface area contributed by atoms with Crippen LogP contribution in [0.5, 0.6) is 11.5 Å². The molecule has 38 heavy (non-hydrogen) atoms. The zero-order valence-electron chi connectivity index (χ0n) is 20.7. The summed E-state index contributed by atoms with van der Waals surface area (Å²) in [5, 5.41) is 26.0. The molecular formula is C27H26N4O7. The van der Waals surface area contributed by atoms with Crippen LogP contribution < -0.4 is 14.9 Å². The molecule has 0 aliphatic rings. The van der Waals surface area contributed by atoms with E-state index in [1.165, 1.54) is 36.5 Å². The van der Waals surface area contributed by atoms with E-state index in [4.69, 9.17) is 9.47 Å². The predicted molar refractivity (Wildman–Crippen MR) is 141 cm³/mol. The molecule has 3 aromatic carbocycles. The summed E-state index contributed by atoms with van der Waals surface area (Å²) in [5.74, 6) is 0.457. The van der Waals surface area contributed by atoms with Crippen molar-refractivity contribution in [3.05, 3.63) is 116 Å². The normalized spacial score (nSPS) is 10.7. The van der Waals surface area contributed by atoms with E-state index >= 15 is 0 Å². The monoisotopic (exact) mass is 518 g/mol. The lowest BCUT2D eigenvalue weighted by atomic mass is 10.1. The molecule has 0 bridgehead atoms. The van der Waals surface area contributed by atoms with E-state index < -0.39 is 15.8 Å². The highest BCUT2D eigenvalue weighted by atomic mass is 16.6. The summed E-state index contributed by atoms with van der Waals surface area (Å²) in [6.07, 6.45) is 3.41. The Balaban J connectivity index is 1.75. The third-order valence-corrected chi connectivity index (χ3v) is 5.29. The fraction of sp³-hybridized carbons (Fsp3) is 0.185. The molecule has 11 heteroatoms. The average molecular weight is 519 g/mol. The van der Waals surface area contributed by atoms with Gasteiger partial charge in [-0.15, -0.1) is 6.58 Å². The minimum Gasteiger partial charge on any atom is -0.490 e.